The average molecular weight is 304 g/mol. The lowest BCUT2D eigenvalue weighted by atomic mass is 9.88. The number of fused-ring (bicyclic) bond motifs is 1. The SMILES string of the molecule is CC(C)[C@H](C=O)[C@@H](C[N+](=O)[O-])N1C(=O)c2ccccc2C1=O. The van der Waals surface area contributed by atoms with Crippen molar-refractivity contribution >= 4 is 18.1 Å². The molecule has 0 saturated carbocycles. The first-order chi connectivity index (χ1) is 10.4. The normalized spacial score (nSPS) is 16.6. The van der Waals surface area contributed by atoms with Gasteiger partial charge in [-0.3, -0.25) is 24.6 Å². The predicted octanol–water partition coefficient (Wildman–Crippen LogP) is 1.40. The van der Waals surface area contributed by atoms with E-state index in [0.29, 0.717) is 6.29 Å². The van der Waals surface area contributed by atoms with E-state index in [-0.39, 0.29) is 17.0 Å². The Kier molecular flexibility index (Phi) is 4.35. The summed E-state index contributed by atoms with van der Waals surface area (Å²) in [5.41, 5.74) is 0.434. The van der Waals surface area contributed by atoms with Gasteiger partial charge in [0.25, 0.3) is 11.8 Å². The lowest BCUT2D eigenvalue weighted by Gasteiger charge is -2.29. The van der Waals surface area contributed by atoms with Gasteiger partial charge in [0.1, 0.15) is 12.3 Å². The average Bonchev–Trinajstić information content (AvgIpc) is 2.70. The van der Waals surface area contributed by atoms with Crippen LogP contribution in [0.15, 0.2) is 24.3 Å². The predicted molar refractivity (Wildman–Crippen MR) is 77.0 cm³/mol. The summed E-state index contributed by atoms with van der Waals surface area (Å²) in [5, 5.41) is 10.9. The summed E-state index contributed by atoms with van der Waals surface area (Å²) in [5.74, 6) is -2.18. The van der Waals surface area contributed by atoms with Gasteiger partial charge in [-0.2, -0.15) is 0 Å². The smallest absolute Gasteiger partial charge is 0.262 e. The summed E-state index contributed by atoms with van der Waals surface area (Å²) in [6.45, 7) is 2.81. The molecular weight excluding hydrogens is 288 g/mol. The maximum absolute atomic E-state index is 12.4. The molecule has 2 amide bonds. The van der Waals surface area contributed by atoms with Crippen molar-refractivity contribution in [3.05, 3.63) is 45.5 Å². The number of aldehydes is 1. The molecule has 2 atom stereocenters. The van der Waals surface area contributed by atoms with E-state index in [0.717, 1.165) is 4.90 Å². The molecule has 1 aromatic rings. The second-order valence-electron chi connectivity index (χ2n) is 5.57. The van der Waals surface area contributed by atoms with Gasteiger partial charge in [0.05, 0.1) is 11.1 Å². The van der Waals surface area contributed by atoms with E-state index < -0.39 is 35.2 Å². The Hall–Kier alpha value is -2.57. The largest absolute Gasteiger partial charge is 0.303 e. The lowest BCUT2D eigenvalue weighted by molar-refractivity contribution is -0.486. The maximum Gasteiger partial charge on any atom is 0.262 e. The van der Waals surface area contributed by atoms with Crippen LogP contribution >= 0.6 is 0 Å². The molecule has 7 heteroatoms. The molecule has 1 aliphatic heterocycles. The van der Waals surface area contributed by atoms with Crippen molar-refractivity contribution in [2.45, 2.75) is 19.9 Å². The standard InChI is InChI=1S/C15H16N2O5/c1-9(2)12(8-18)13(7-16(21)22)17-14(19)10-5-3-4-6-11(10)15(17)20/h3-6,8-9,12-13H,7H2,1-2H3/t12-,13+/m0/s1. The molecule has 0 fully saturated rings. The molecule has 7 nitrogen and oxygen atoms in total. The third-order valence-corrected chi connectivity index (χ3v) is 3.86. The van der Waals surface area contributed by atoms with E-state index in [2.05, 4.69) is 0 Å². The number of imide groups is 1. The number of carbonyl (C=O) groups excluding carboxylic acids is 3. The lowest BCUT2D eigenvalue weighted by Crippen LogP contribution is -2.50. The quantitative estimate of drug-likeness (QED) is 0.342. The minimum Gasteiger partial charge on any atom is -0.303 e. The number of nitrogens with zero attached hydrogens (tertiary/aromatic N) is 2. The third kappa shape index (κ3) is 2.61. The molecule has 1 heterocycles. The molecule has 1 aromatic carbocycles. The van der Waals surface area contributed by atoms with Crippen LogP contribution in [0.3, 0.4) is 0 Å². The van der Waals surface area contributed by atoms with Gasteiger partial charge in [-0.25, -0.2) is 0 Å². The van der Waals surface area contributed by atoms with E-state index in [1.807, 2.05) is 0 Å². The zero-order valence-electron chi connectivity index (χ0n) is 12.3. The number of rotatable bonds is 6. The first-order valence-electron chi connectivity index (χ1n) is 6.92. The minimum absolute atomic E-state index is 0.217. The maximum atomic E-state index is 12.4. The van der Waals surface area contributed by atoms with Gasteiger partial charge < -0.3 is 4.79 Å². The molecule has 0 saturated heterocycles. The summed E-state index contributed by atoms with van der Waals surface area (Å²) in [4.78, 5) is 47.4. The fourth-order valence-electron chi connectivity index (χ4n) is 2.73. The number of carbonyl (C=O) groups is 3. The Labute approximate surface area is 127 Å². The van der Waals surface area contributed by atoms with Gasteiger partial charge in [-0.05, 0) is 18.1 Å². The Balaban J connectivity index is 2.45. The van der Waals surface area contributed by atoms with Crippen LogP contribution in [-0.4, -0.2) is 40.5 Å². The van der Waals surface area contributed by atoms with Gasteiger partial charge in [-0.15, -0.1) is 0 Å². The highest BCUT2D eigenvalue weighted by molar-refractivity contribution is 6.21. The van der Waals surface area contributed by atoms with Crippen molar-refractivity contribution < 1.29 is 19.3 Å². The highest BCUT2D eigenvalue weighted by atomic mass is 16.6. The second kappa shape index (κ2) is 6.05. The summed E-state index contributed by atoms with van der Waals surface area (Å²) >= 11 is 0. The number of amides is 2. The molecule has 0 radical (unpaired) electrons. The Morgan fingerprint density at radius 1 is 1.18 bits per heavy atom. The fourth-order valence-corrected chi connectivity index (χ4v) is 2.73. The monoisotopic (exact) mass is 304 g/mol. The van der Waals surface area contributed by atoms with E-state index in [4.69, 9.17) is 0 Å². The minimum atomic E-state index is -1.08. The number of nitro groups is 1. The molecule has 0 aliphatic carbocycles. The highest BCUT2D eigenvalue weighted by Crippen LogP contribution is 2.29. The Morgan fingerprint density at radius 3 is 2.05 bits per heavy atom. The molecule has 0 aromatic heterocycles. The zero-order chi connectivity index (χ0) is 16.4. The summed E-state index contributed by atoms with van der Waals surface area (Å²) < 4.78 is 0. The van der Waals surface area contributed by atoms with Crippen LogP contribution in [0.4, 0.5) is 0 Å². The van der Waals surface area contributed by atoms with Crippen molar-refractivity contribution in [1.29, 1.82) is 0 Å². The summed E-state index contributed by atoms with van der Waals surface area (Å²) in [7, 11) is 0. The molecule has 0 N–H and O–H groups in total. The number of hydrogen-bond acceptors (Lipinski definition) is 5. The van der Waals surface area contributed by atoms with Crippen molar-refractivity contribution in [2.24, 2.45) is 11.8 Å². The van der Waals surface area contributed by atoms with Crippen LogP contribution in [0.1, 0.15) is 34.6 Å². The van der Waals surface area contributed by atoms with Crippen molar-refractivity contribution in [1.82, 2.24) is 4.90 Å². The van der Waals surface area contributed by atoms with Crippen molar-refractivity contribution in [3.8, 4) is 0 Å². The van der Waals surface area contributed by atoms with Crippen molar-refractivity contribution in [3.63, 3.8) is 0 Å². The van der Waals surface area contributed by atoms with Crippen LogP contribution in [-0.2, 0) is 4.79 Å². The van der Waals surface area contributed by atoms with Crippen LogP contribution in [0, 0.1) is 22.0 Å². The first kappa shape index (κ1) is 15.8. The van der Waals surface area contributed by atoms with Crippen LogP contribution in [0.5, 0.6) is 0 Å². The highest BCUT2D eigenvalue weighted by Gasteiger charge is 2.45. The topological polar surface area (TPSA) is 97.6 Å². The molecule has 0 unspecified atom stereocenters. The molecule has 0 bridgehead atoms. The van der Waals surface area contributed by atoms with Crippen LogP contribution in [0.25, 0.3) is 0 Å². The van der Waals surface area contributed by atoms with Gasteiger partial charge in [0.15, 0.2) is 0 Å². The Morgan fingerprint density at radius 2 is 1.68 bits per heavy atom. The molecule has 22 heavy (non-hydrogen) atoms. The van der Waals surface area contributed by atoms with Crippen molar-refractivity contribution in [2.75, 3.05) is 6.54 Å². The van der Waals surface area contributed by atoms with Crippen LogP contribution in [0.2, 0.25) is 0 Å². The molecule has 2 rings (SSSR count). The van der Waals surface area contributed by atoms with Gasteiger partial charge in [-0.1, -0.05) is 26.0 Å². The van der Waals surface area contributed by atoms with Crippen LogP contribution < -0.4 is 0 Å². The summed E-state index contributed by atoms with van der Waals surface area (Å²) in [6.07, 6.45) is 0.586. The van der Waals surface area contributed by atoms with E-state index in [9.17, 15) is 24.5 Å². The van der Waals surface area contributed by atoms with E-state index in [1.54, 1.807) is 26.0 Å². The Bertz CT molecular complexity index is 606. The molecule has 1 aliphatic rings. The molecular formula is C15H16N2O5. The van der Waals surface area contributed by atoms with Gasteiger partial charge in [0.2, 0.25) is 6.54 Å². The third-order valence-electron chi connectivity index (χ3n) is 3.86. The fraction of sp³-hybridized carbons (Fsp3) is 0.400. The van der Waals surface area contributed by atoms with E-state index >= 15 is 0 Å². The number of hydrogen-bond donors (Lipinski definition) is 0. The molecule has 116 valence electrons. The summed E-state index contributed by atoms with van der Waals surface area (Å²) in [6, 6.07) is 5.17. The second-order valence-corrected chi connectivity index (χ2v) is 5.57. The van der Waals surface area contributed by atoms with E-state index in [1.165, 1.54) is 12.1 Å². The zero-order valence-corrected chi connectivity index (χ0v) is 12.3. The number of benzene rings is 1. The van der Waals surface area contributed by atoms with Gasteiger partial charge >= 0.3 is 0 Å². The molecule has 0 spiro atoms. The first-order valence-corrected chi connectivity index (χ1v) is 6.92. The van der Waals surface area contributed by atoms with Gasteiger partial charge in [0, 0.05) is 10.8 Å².